The quantitative estimate of drug-likeness (QED) is 0.276. The van der Waals surface area contributed by atoms with Gasteiger partial charge in [0.15, 0.2) is 16.6 Å². The largest absolute Gasteiger partial charge is 0.493 e. The highest BCUT2D eigenvalue weighted by Crippen LogP contribution is 2.50. The summed E-state index contributed by atoms with van der Waals surface area (Å²) in [4.78, 5) is 23.9. The number of hydrogen-bond donors (Lipinski definition) is 0. The van der Waals surface area contributed by atoms with Gasteiger partial charge in [0, 0.05) is 45.0 Å². The number of piperazine rings is 1. The first-order valence-electron chi connectivity index (χ1n) is 13.0. The minimum absolute atomic E-state index is 0.0199. The molecule has 2 aliphatic heterocycles. The molecule has 0 bridgehead atoms. The van der Waals surface area contributed by atoms with E-state index in [1.807, 2.05) is 0 Å². The van der Waals surface area contributed by atoms with E-state index in [1.54, 1.807) is 6.07 Å². The number of anilines is 2. The Bertz CT molecular complexity index is 1350. The average Bonchev–Trinajstić information content (AvgIpc) is 3.13. The molecule has 1 aromatic carbocycles. The number of thiocarbonyl (C=S) groups is 1. The first-order chi connectivity index (χ1) is 19.1. The maximum Gasteiger partial charge on any atom is 0.421 e. The van der Waals surface area contributed by atoms with Gasteiger partial charge < -0.3 is 19.4 Å². The first kappa shape index (κ1) is 28.2. The number of hydrogen-bond acceptors (Lipinski definition) is 7. The van der Waals surface area contributed by atoms with Crippen LogP contribution in [0.2, 0.25) is 0 Å². The molecule has 1 saturated carbocycles. The fourth-order valence-electron chi connectivity index (χ4n) is 5.48. The van der Waals surface area contributed by atoms with E-state index in [0.29, 0.717) is 31.6 Å². The summed E-state index contributed by atoms with van der Waals surface area (Å²) in [7, 11) is 2.09. The lowest BCUT2D eigenvalue weighted by atomic mass is 9.75. The van der Waals surface area contributed by atoms with Gasteiger partial charge in [0.2, 0.25) is 0 Å². The van der Waals surface area contributed by atoms with Gasteiger partial charge in [0.1, 0.15) is 22.9 Å². The fraction of sp³-hybridized carbons (Fsp3) is 0.481. The number of carbonyl (C=O) groups excluding carboxylic acids is 1. The van der Waals surface area contributed by atoms with Crippen LogP contribution in [0.25, 0.3) is 0 Å². The molecule has 212 valence electrons. The molecule has 3 fully saturated rings. The Kier molecular flexibility index (Phi) is 7.69. The standard InChI is InChI=1S/C27H28F4N6O2S/c1-34-11-13-35(14-12-34)10-3-15-39-18-4-5-21(19(28)16-18)37-25(40)36(24(38)26(37)7-2-8-26)22-6-9-33-20(17-32)23(22)27(29,30)31/h4-6,9,16H,2-3,7-8,10-15H2,1H3. The van der Waals surface area contributed by atoms with Crippen molar-refractivity contribution in [3.63, 3.8) is 0 Å². The number of nitrogens with zero attached hydrogens (tertiary/aromatic N) is 6. The predicted octanol–water partition coefficient (Wildman–Crippen LogP) is 4.19. The molecule has 1 aromatic heterocycles. The highest BCUT2D eigenvalue weighted by Gasteiger charge is 2.61. The molecule has 0 N–H and O–H groups in total. The highest BCUT2D eigenvalue weighted by atomic mass is 32.1. The molecular weight excluding hydrogens is 548 g/mol. The van der Waals surface area contributed by atoms with Crippen LogP contribution in [0.3, 0.4) is 0 Å². The van der Waals surface area contributed by atoms with Gasteiger partial charge in [-0.1, -0.05) is 0 Å². The molecule has 2 aromatic rings. The number of ether oxygens (including phenoxy) is 1. The van der Waals surface area contributed by atoms with Crippen LogP contribution in [0.4, 0.5) is 28.9 Å². The number of amides is 1. The van der Waals surface area contributed by atoms with Crippen LogP contribution in [0, 0.1) is 17.1 Å². The number of benzene rings is 1. The average molecular weight is 577 g/mol. The summed E-state index contributed by atoms with van der Waals surface area (Å²) in [5.74, 6) is -1.08. The number of rotatable bonds is 7. The van der Waals surface area contributed by atoms with Crippen molar-refractivity contribution in [2.45, 2.75) is 37.4 Å². The van der Waals surface area contributed by atoms with Gasteiger partial charge in [-0.25, -0.2) is 9.37 Å². The van der Waals surface area contributed by atoms with Crippen molar-refractivity contribution < 1.29 is 27.1 Å². The second kappa shape index (κ2) is 10.9. The van der Waals surface area contributed by atoms with Crippen LogP contribution in [0.15, 0.2) is 30.5 Å². The predicted molar refractivity (Wildman–Crippen MR) is 144 cm³/mol. The van der Waals surface area contributed by atoms with Crippen molar-refractivity contribution in [1.29, 1.82) is 5.26 Å². The molecule has 1 amide bonds. The number of pyridine rings is 1. The monoisotopic (exact) mass is 576 g/mol. The summed E-state index contributed by atoms with van der Waals surface area (Å²) < 4.78 is 63.3. The van der Waals surface area contributed by atoms with Crippen LogP contribution in [0.5, 0.6) is 5.75 Å². The van der Waals surface area contributed by atoms with Crippen LogP contribution >= 0.6 is 12.2 Å². The van der Waals surface area contributed by atoms with Crippen molar-refractivity contribution >= 4 is 34.6 Å². The van der Waals surface area contributed by atoms with Crippen LogP contribution in [-0.4, -0.2) is 77.7 Å². The smallest absolute Gasteiger partial charge is 0.421 e. The molecule has 0 radical (unpaired) electrons. The number of likely N-dealkylation sites (N-methyl/N-ethyl adjacent to an activating group) is 1. The Morgan fingerprint density at radius 3 is 2.48 bits per heavy atom. The Morgan fingerprint density at radius 1 is 1.15 bits per heavy atom. The van der Waals surface area contributed by atoms with Crippen LogP contribution < -0.4 is 14.5 Å². The van der Waals surface area contributed by atoms with Gasteiger partial charge in [-0.05, 0) is 63.1 Å². The van der Waals surface area contributed by atoms with E-state index < -0.39 is 40.4 Å². The number of alkyl halides is 3. The van der Waals surface area contributed by atoms with Gasteiger partial charge in [0.25, 0.3) is 5.91 Å². The van der Waals surface area contributed by atoms with Crippen molar-refractivity contribution in [1.82, 2.24) is 14.8 Å². The summed E-state index contributed by atoms with van der Waals surface area (Å²) in [6.07, 6.45) is -1.96. The number of nitriles is 1. The lowest BCUT2D eigenvalue weighted by Crippen LogP contribution is -2.55. The molecule has 8 nitrogen and oxygen atoms in total. The third kappa shape index (κ3) is 5.00. The SMILES string of the molecule is CN1CCN(CCCOc2ccc(N3C(=S)N(c4ccnc(C#N)c4C(F)(F)F)C(=O)C34CCC4)c(F)c2)CC1. The molecule has 1 spiro atoms. The normalized spacial score (nSPS) is 19.7. The number of aromatic nitrogens is 1. The first-order valence-corrected chi connectivity index (χ1v) is 13.5. The molecule has 2 saturated heterocycles. The minimum Gasteiger partial charge on any atom is -0.493 e. The van der Waals surface area contributed by atoms with E-state index >= 15 is 4.39 Å². The molecule has 5 rings (SSSR count). The second-order valence-electron chi connectivity index (χ2n) is 10.3. The Morgan fingerprint density at radius 2 is 1.88 bits per heavy atom. The summed E-state index contributed by atoms with van der Waals surface area (Å²) >= 11 is 5.52. The van der Waals surface area contributed by atoms with E-state index in [2.05, 4.69) is 21.8 Å². The van der Waals surface area contributed by atoms with E-state index in [0.717, 1.165) is 56.3 Å². The molecule has 0 unspecified atom stereocenters. The highest BCUT2D eigenvalue weighted by molar-refractivity contribution is 7.81. The van der Waals surface area contributed by atoms with E-state index in [4.69, 9.17) is 17.0 Å². The topological polar surface area (TPSA) is 75.9 Å². The Hall–Kier alpha value is -3.34. The zero-order chi connectivity index (χ0) is 28.7. The minimum atomic E-state index is -4.97. The Labute approximate surface area is 234 Å². The molecular formula is C27H28F4N6O2S. The van der Waals surface area contributed by atoms with Crippen LogP contribution in [0.1, 0.15) is 36.9 Å². The fourth-order valence-corrected chi connectivity index (χ4v) is 5.93. The lowest BCUT2D eigenvalue weighted by Gasteiger charge is -2.43. The molecule has 3 aliphatic rings. The van der Waals surface area contributed by atoms with Crippen molar-refractivity contribution in [2.75, 3.05) is 56.2 Å². The zero-order valence-electron chi connectivity index (χ0n) is 21.9. The zero-order valence-corrected chi connectivity index (χ0v) is 22.7. The van der Waals surface area contributed by atoms with E-state index in [-0.39, 0.29) is 10.8 Å². The summed E-state index contributed by atoms with van der Waals surface area (Å²) in [5, 5.41) is 8.97. The lowest BCUT2D eigenvalue weighted by molar-refractivity contribution is -0.137. The third-order valence-electron chi connectivity index (χ3n) is 7.80. The van der Waals surface area contributed by atoms with Crippen molar-refractivity contribution in [2.24, 2.45) is 0 Å². The second-order valence-corrected chi connectivity index (χ2v) is 10.6. The number of halogens is 4. The van der Waals surface area contributed by atoms with Crippen molar-refractivity contribution in [3.8, 4) is 11.8 Å². The van der Waals surface area contributed by atoms with Gasteiger partial charge in [-0.15, -0.1) is 0 Å². The molecule has 40 heavy (non-hydrogen) atoms. The van der Waals surface area contributed by atoms with E-state index in [9.17, 15) is 23.2 Å². The maximum atomic E-state index is 15.5. The van der Waals surface area contributed by atoms with Gasteiger partial charge in [0.05, 0.1) is 18.0 Å². The Balaban J connectivity index is 1.36. The molecule has 3 heterocycles. The van der Waals surface area contributed by atoms with E-state index in [1.165, 1.54) is 23.1 Å². The van der Waals surface area contributed by atoms with Crippen molar-refractivity contribution in [3.05, 3.63) is 47.5 Å². The molecule has 13 heteroatoms. The summed E-state index contributed by atoms with van der Waals surface area (Å²) in [5.41, 5.74) is -4.15. The van der Waals surface area contributed by atoms with Gasteiger partial charge in [-0.2, -0.15) is 18.4 Å². The molecule has 1 aliphatic carbocycles. The molecule has 0 atom stereocenters. The maximum absolute atomic E-state index is 15.5. The van der Waals surface area contributed by atoms with Gasteiger partial charge in [-0.3, -0.25) is 9.69 Å². The van der Waals surface area contributed by atoms with Gasteiger partial charge >= 0.3 is 6.18 Å². The third-order valence-corrected chi connectivity index (χ3v) is 8.16. The summed E-state index contributed by atoms with van der Waals surface area (Å²) in [6.45, 7) is 5.30. The summed E-state index contributed by atoms with van der Waals surface area (Å²) in [6, 6.07) is 6.65. The van der Waals surface area contributed by atoms with Crippen LogP contribution in [-0.2, 0) is 11.0 Å². The number of carbonyl (C=O) groups is 1.